The summed E-state index contributed by atoms with van der Waals surface area (Å²) < 4.78 is 0. The van der Waals surface area contributed by atoms with Crippen molar-refractivity contribution in [1.29, 1.82) is 0 Å². The summed E-state index contributed by atoms with van der Waals surface area (Å²) in [6.45, 7) is 6.58. The lowest BCUT2D eigenvalue weighted by atomic mass is 10.1. The summed E-state index contributed by atoms with van der Waals surface area (Å²) >= 11 is 1.79. The van der Waals surface area contributed by atoms with Gasteiger partial charge in [0.1, 0.15) is 0 Å². The van der Waals surface area contributed by atoms with Gasteiger partial charge in [-0.2, -0.15) is 0 Å². The molecular weight excluding hydrogens is 278 g/mol. The summed E-state index contributed by atoms with van der Waals surface area (Å²) in [6.07, 6.45) is 4.41. The van der Waals surface area contributed by atoms with E-state index in [9.17, 15) is 0 Å². The number of aromatic nitrogens is 1. The van der Waals surface area contributed by atoms with E-state index in [0.717, 1.165) is 18.0 Å². The van der Waals surface area contributed by atoms with Crippen LogP contribution in [-0.4, -0.2) is 35.6 Å². The second-order valence-electron chi connectivity index (χ2n) is 5.75. The molecule has 0 bridgehead atoms. The third-order valence-corrected chi connectivity index (χ3v) is 4.98. The molecule has 1 aliphatic heterocycles. The van der Waals surface area contributed by atoms with Gasteiger partial charge in [-0.1, -0.05) is 30.3 Å². The standard InChI is InChI=1S/C17H23N3S/c1-14-18-11-17(21-14)12-19-16-8-10-20(13-16)9-7-15-5-3-2-4-6-15/h2-6,11,16,19H,7-10,12-13H2,1H3. The van der Waals surface area contributed by atoms with Crippen molar-refractivity contribution in [3.05, 3.63) is 52.0 Å². The van der Waals surface area contributed by atoms with Crippen LogP contribution in [0.4, 0.5) is 0 Å². The van der Waals surface area contributed by atoms with Crippen LogP contribution in [0.3, 0.4) is 0 Å². The molecule has 3 rings (SSSR count). The van der Waals surface area contributed by atoms with Crippen LogP contribution in [-0.2, 0) is 13.0 Å². The largest absolute Gasteiger partial charge is 0.308 e. The normalized spacial score (nSPS) is 19.2. The first kappa shape index (κ1) is 14.7. The van der Waals surface area contributed by atoms with Crippen LogP contribution in [0.5, 0.6) is 0 Å². The number of thiazole rings is 1. The lowest BCUT2D eigenvalue weighted by molar-refractivity contribution is 0.331. The molecule has 0 amide bonds. The van der Waals surface area contributed by atoms with Crippen LogP contribution in [0.1, 0.15) is 21.9 Å². The Morgan fingerprint density at radius 2 is 2.19 bits per heavy atom. The maximum atomic E-state index is 4.31. The molecule has 1 aliphatic rings. The van der Waals surface area contributed by atoms with Crippen molar-refractivity contribution in [3.8, 4) is 0 Å². The number of benzene rings is 1. The molecule has 1 N–H and O–H groups in total. The highest BCUT2D eigenvalue weighted by Crippen LogP contribution is 2.14. The monoisotopic (exact) mass is 301 g/mol. The lowest BCUT2D eigenvalue weighted by Gasteiger charge is -2.16. The van der Waals surface area contributed by atoms with E-state index in [-0.39, 0.29) is 0 Å². The zero-order chi connectivity index (χ0) is 14.5. The van der Waals surface area contributed by atoms with Gasteiger partial charge in [0.25, 0.3) is 0 Å². The van der Waals surface area contributed by atoms with Crippen LogP contribution in [0.15, 0.2) is 36.5 Å². The van der Waals surface area contributed by atoms with Gasteiger partial charge < -0.3 is 10.2 Å². The first-order valence-corrected chi connectivity index (χ1v) is 8.52. The van der Waals surface area contributed by atoms with E-state index in [0.29, 0.717) is 6.04 Å². The van der Waals surface area contributed by atoms with E-state index in [2.05, 4.69) is 52.5 Å². The predicted octanol–water partition coefficient (Wildman–Crippen LogP) is 2.86. The number of aryl methyl sites for hydroxylation is 1. The fourth-order valence-electron chi connectivity index (χ4n) is 2.87. The second-order valence-corrected chi connectivity index (χ2v) is 7.07. The molecule has 1 atom stereocenters. The van der Waals surface area contributed by atoms with Gasteiger partial charge in [0.2, 0.25) is 0 Å². The molecule has 1 aromatic heterocycles. The number of likely N-dealkylation sites (tertiary alicyclic amines) is 1. The van der Waals surface area contributed by atoms with Crippen molar-refractivity contribution in [2.45, 2.75) is 32.4 Å². The van der Waals surface area contributed by atoms with Crippen LogP contribution >= 0.6 is 11.3 Å². The third kappa shape index (κ3) is 4.37. The van der Waals surface area contributed by atoms with Crippen LogP contribution in [0.2, 0.25) is 0 Å². The first-order valence-electron chi connectivity index (χ1n) is 7.70. The van der Waals surface area contributed by atoms with Gasteiger partial charge in [-0.05, 0) is 31.9 Å². The van der Waals surface area contributed by atoms with E-state index in [1.165, 1.54) is 36.5 Å². The molecule has 1 unspecified atom stereocenters. The summed E-state index contributed by atoms with van der Waals surface area (Å²) in [4.78, 5) is 8.22. The highest BCUT2D eigenvalue weighted by molar-refractivity contribution is 7.11. The molecule has 2 aromatic rings. The number of hydrogen-bond donors (Lipinski definition) is 1. The average Bonchev–Trinajstić information content (AvgIpc) is 3.13. The minimum absolute atomic E-state index is 0.628. The van der Waals surface area contributed by atoms with Crippen LogP contribution < -0.4 is 5.32 Å². The van der Waals surface area contributed by atoms with Crippen LogP contribution in [0, 0.1) is 6.92 Å². The molecular formula is C17H23N3S. The van der Waals surface area contributed by atoms with Gasteiger partial charge in [-0.15, -0.1) is 11.3 Å². The Balaban J connectivity index is 1.39. The molecule has 1 fully saturated rings. The molecule has 3 nitrogen and oxygen atoms in total. The van der Waals surface area contributed by atoms with Crippen molar-refractivity contribution >= 4 is 11.3 Å². The maximum absolute atomic E-state index is 4.31. The van der Waals surface area contributed by atoms with E-state index in [1.807, 2.05) is 6.20 Å². The highest BCUT2D eigenvalue weighted by Gasteiger charge is 2.21. The van der Waals surface area contributed by atoms with Gasteiger partial charge in [0.15, 0.2) is 0 Å². The fraction of sp³-hybridized carbons (Fsp3) is 0.471. The average molecular weight is 301 g/mol. The van der Waals surface area contributed by atoms with Crippen molar-refractivity contribution in [2.75, 3.05) is 19.6 Å². The molecule has 1 saturated heterocycles. The summed E-state index contributed by atoms with van der Waals surface area (Å²) in [5.74, 6) is 0. The number of nitrogens with zero attached hydrogens (tertiary/aromatic N) is 2. The summed E-state index contributed by atoms with van der Waals surface area (Å²) in [5.41, 5.74) is 1.44. The topological polar surface area (TPSA) is 28.2 Å². The zero-order valence-electron chi connectivity index (χ0n) is 12.6. The van der Waals surface area contributed by atoms with Crippen molar-refractivity contribution in [2.24, 2.45) is 0 Å². The molecule has 1 aromatic carbocycles. The molecule has 2 heterocycles. The van der Waals surface area contributed by atoms with Crippen LogP contribution in [0.25, 0.3) is 0 Å². The first-order chi connectivity index (χ1) is 10.3. The Hall–Kier alpha value is -1.23. The smallest absolute Gasteiger partial charge is 0.0897 e. The number of rotatable bonds is 6. The van der Waals surface area contributed by atoms with Gasteiger partial charge >= 0.3 is 0 Å². The summed E-state index contributed by atoms with van der Waals surface area (Å²) in [5, 5.41) is 4.82. The Morgan fingerprint density at radius 1 is 1.33 bits per heavy atom. The number of nitrogens with one attached hydrogen (secondary N) is 1. The quantitative estimate of drug-likeness (QED) is 0.889. The van der Waals surface area contributed by atoms with Crippen molar-refractivity contribution in [1.82, 2.24) is 15.2 Å². The SMILES string of the molecule is Cc1ncc(CNC2CCN(CCc3ccccc3)C2)s1. The van der Waals surface area contributed by atoms with Crippen molar-refractivity contribution < 1.29 is 0 Å². The highest BCUT2D eigenvalue weighted by atomic mass is 32.1. The molecule has 21 heavy (non-hydrogen) atoms. The zero-order valence-corrected chi connectivity index (χ0v) is 13.4. The molecule has 0 spiro atoms. The third-order valence-electron chi connectivity index (χ3n) is 4.07. The molecule has 0 aliphatic carbocycles. The Labute approximate surface area is 131 Å². The predicted molar refractivity (Wildman–Crippen MR) is 88.7 cm³/mol. The number of hydrogen-bond acceptors (Lipinski definition) is 4. The minimum atomic E-state index is 0.628. The minimum Gasteiger partial charge on any atom is -0.308 e. The van der Waals surface area contributed by atoms with Gasteiger partial charge in [-0.25, -0.2) is 4.98 Å². The fourth-order valence-corrected chi connectivity index (χ4v) is 3.61. The molecule has 0 radical (unpaired) electrons. The van der Waals surface area contributed by atoms with Gasteiger partial charge in [0, 0.05) is 36.8 Å². The Morgan fingerprint density at radius 3 is 2.95 bits per heavy atom. The van der Waals surface area contributed by atoms with E-state index in [4.69, 9.17) is 0 Å². The second kappa shape index (κ2) is 7.16. The molecule has 0 saturated carbocycles. The summed E-state index contributed by atoms with van der Waals surface area (Å²) in [7, 11) is 0. The Bertz CT molecular complexity index is 552. The summed E-state index contributed by atoms with van der Waals surface area (Å²) in [6, 6.07) is 11.4. The lowest BCUT2D eigenvalue weighted by Crippen LogP contribution is -2.32. The van der Waals surface area contributed by atoms with E-state index >= 15 is 0 Å². The van der Waals surface area contributed by atoms with Gasteiger partial charge in [-0.3, -0.25) is 0 Å². The maximum Gasteiger partial charge on any atom is 0.0897 e. The van der Waals surface area contributed by atoms with Crippen molar-refractivity contribution in [3.63, 3.8) is 0 Å². The molecule has 112 valence electrons. The molecule has 4 heteroatoms. The Kier molecular flexibility index (Phi) is 5.01. The van der Waals surface area contributed by atoms with E-state index in [1.54, 1.807) is 11.3 Å². The van der Waals surface area contributed by atoms with E-state index < -0.39 is 0 Å². The van der Waals surface area contributed by atoms with Gasteiger partial charge in [0.05, 0.1) is 5.01 Å².